The number of esters is 3. The highest BCUT2D eigenvalue weighted by atomic mass is 16.6. The van der Waals surface area contributed by atoms with E-state index in [-0.39, 0.29) is 31.1 Å². The maximum Gasteiger partial charge on any atom is 0.306 e. The van der Waals surface area contributed by atoms with Crippen molar-refractivity contribution in [3.05, 3.63) is 146 Å². The van der Waals surface area contributed by atoms with E-state index in [0.29, 0.717) is 19.3 Å². The molecule has 0 amide bonds. The molecule has 464 valence electrons. The number of hydrogen-bond acceptors (Lipinski definition) is 6. The van der Waals surface area contributed by atoms with Crippen LogP contribution in [0.15, 0.2) is 146 Å². The number of carbonyl (C=O) groups excluding carboxylic acids is 3. The Hall–Kier alpha value is -4.71. The van der Waals surface area contributed by atoms with E-state index >= 15 is 0 Å². The molecule has 0 aliphatic carbocycles. The van der Waals surface area contributed by atoms with Gasteiger partial charge in [0.25, 0.3) is 0 Å². The molecule has 1 unspecified atom stereocenters. The summed E-state index contributed by atoms with van der Waals surface area (Å²) >= 11 is 0. The summed E-state index contributed by atoms with van der Waals surface area (Å²) in [6.45, 7) is 6.37. The lowest BCUT2D eigenvalue weighted by atomic mass is 10.0. The number of hydrogen-bond donors (Lipinski definition) is 0. The van der Waals surface area contributed by atoms with Crippen molar-refractivity contribution in [3.8, 4) is 0 Å². The minimum Gasteiger partial charge on any atom is -0.462 e. The van der Waals surface area contributed by atoms with E-state index in [1.54, 1.807) is 0 Å². The van der Waals surface area contributed by atoms with Crippen LogP contribution in [0.5, 0.6) is 0 Å². The van der Waals surface area contributed by atoms with Gasteiger partial charge in [-0.2, -0.15) is 0 Å². The van der Waals surface area contributed by atoms with Crippen LogP contribution in [-0.2, 0) is 28.6 Å². The Kier molecular flexibility index (Phi) is 64.8. The minimum absolute atomic E-state index is 0.0875. The van der Waals surface area contributed by atoms with E-state index in [1.807, 2.05) is 0 Å². The van der Waals surface area contributed by atoms with Gasteiger partial charge in [0, 0.05) is 19.3 Å². The summed E-state index contributed by atoms with van der Waals surface area (Å²) < 4.78 is 16.9. The molecule has 6 heteroatoms. The van der Waals surface area contributed by atoms with Crippen LogP contribution in [0.1, 0.15) is 297 Å². The first-order valence-electron chi connectivity index (χ1n) is 33.8. The van der Waals surface area contributed by atoms with E-state index in [4.69, 9.17) is 14.2 Å². The van der Waals surface area contributed by atoms with Gasteiger partial charge in [0.2, 0.25) is 0 Å². The van der Waals surface area contributed by atoms with Gasteiger partial charge in [0.1, 0.15) is 13.2 Å². The molecule has 0 aliphatic rings. The van der Waals surface area contributed by atoms with Crippen LogP contribution in [0.2, 0.25) is 0 Å². The topological polar surface area (TPSA) is 78.9 Å². The SMILES string of the molecule is CC/C=C\C/C=C\C/C=C\C/C=C\C/C=C\C/C=C\C/C=C\CCCCCCCCCCCCCCCC(=O)OCC(COC(=O)CCCCCCCCCC)OC(=O)CCCCCCC/C=C\C/C=C\C/C=C\C/C=C\C/C=C\CC. The van der Waals surface area contributed by atoms with E-state index in [9.17, 15) is 14.4 Å². The average Bonchev–Trinajstić information content (AvgIpc) is 3.47. The molecule has 0 rings (SSSR count). The van der Waals surface area contributed by atoms with Crippen LogP contribution >= 0.6 is 0 Å². The van der Waals surface area contributed by atoms with Crippen molar-refractivity contribution in [3.63, 3.8) is 0 Å². The first-order chi connectivity index (χ1) is 40.5. The number of rotatable bonds is 60. The highest BCUT2D eigenvalue weighted by molar-refractivity contribution is 5.71. The summed E-state index contributed by atoms with van der Waals surface area (Å²) in [7, 11) is 0. The number of unbranched alkanes of at least 4 members (excludes halogenated alkanes) is 25. The van der Waals surface area contributed by atoms with Crippen molar-refractivity contribution in [2.75, 3.05) is 13.2 Å². The zero-order valence-electron chi connectivity index (χ0n) is 53.2. The van der Waals surface area contributed by atoms with Crippen LogP contribution in [0, 0.1) is 0 Å². The minimum atomic E-state index is -0.791. The molecular formula is C76H124O6. The first kappa shape index (κ1) is 77.3. The molecule has 6 nitrogen and oxygen atoms in total. The molecule has 0 aromatic heterocycles. The molecule has 1 atom stereocenters. The van der Waals surface area contributed by atoms with Crippen molar-refractivity contribution >= 4 is 17.9 Å². The predicted octanol–water partition coefficient (Wildman–Crippen LogP) is 23.5. The van der Waals surface area contributed by atoms with Crippen molar-refractivity contribution in [1.82, 2.24) is 0 Å². The normalized spacial score (nSPS) is 13.1. The van der Waals surface area contributed by atoms with Gasteiger partial charge in [-0.3, -0.25) is 14.4 Å². The molecule has 82 heavy (non-hydrogen) atoms. The largest absolute Gasteiger partial charge is 0.462 e. The van der Waals surface area contributed by atoms with Crippen molar-refractivity contribution in [2.45, 2.75) is 303 Å². The third-order valence-electron chi connectivity index (χ3n) is 14.1. The summed E-state index contributed by atoms with van der Waals surface area (Å²) in [5, 5.41) is 0. The smallest absolute Gasteiger partial charge is 0.306 e. The second-order valence-corrected chi connectivity index (χ2v) is 22.0. The zero-order chi connectivity index (χ0) is 59.2. The molecular weight excluding hydrogens is 1010 g/mol. The summed E-state index contributed by atoms with van der Waals surface area (Å²) in [6.07, 6.45) is 98.8. The summed E-state index contributed by atoms with van der Waals surface area (Å²) in [5.74, 6) is -0.909. The second-order valence-electron chi connectivity index (χ2n) is 22.0. The van der Waals surface area contributed by atoms with Gasteiger partial charge in [0.05, 0.1) is 0 Å². The fourth-order valence-corrected chi connectivity index (χ4v) is 9.10. The highest BCUT2D eigenvalue weighted by Crippen LogP contribution is 2.16. The summed E-state index contributed by atoms with van der Waals surface area (Å²) in [4.78, 5) is 38.2. The fourth-order valence-electron chi connectivity index (χ4n) is 9.10. The molecule has 0 radical (unpaired) electrons. The molecule has 0 aliphatic heterocycles. The second kappa shape index (κ2) is 68.8. The lowest BCUT2D eigenvalue weighted by molar-refractivity contribution is -0.167. The highest BCUT2D eigenvalue weighted by Gasteiger charge is 2.19. The molecule has 0 aromatic rings. The third kappa shape index (κ3) is 66.1. The van der Waals surface area contributed by atoms with Crippen molar-refractivity contribution < 1.29 is 28.6 Å². The predicted molar refractivity (Wildman–Crippen MR) is 357 cm³/mol. The average molecular weight is 1130 g/mol. The van der Waals surface area contributed by atoms with Crippen LogP contribution < -0.4 is 0 Å². The van der Waals surface area contributed by atoms with Crippen molar-refractivity contribution in [2.24, 2.45) is 0 Å². The number of carbonyl (C=O) groups is 3. The Balaban J connectivity index is 4.15. The maximum atomic E-state index is 12.9. The van der Waals surface area contributed by atoms with Crippen LogP contribution in [0.3, 0.4) is 0 Å². The third-order valence-corrected chi connectivity index (χ3v) is 14.1. The Morgan fingerprint density at radius 2 is 0.476 bits per heavy atom. The lowest BCUT2D eigenvalue weighted by Crippen LogP contribution is -2.30. The van der Waals surface area contributed by atoms with Crippen LogP contribution in [0.4, 0.5) is 0 Å². The monoisotopic (exact) mass is 1130 g/mol. The van der Waals surface area contributed by atoms with Gasteiger partial charge in [-0.25, -0.2) is 0 Å². The van der Waals surface area contributed by atoms with Crippen molar-refractivity contribution in [1.29, 1.82) is 0 Å². The molecule has 0 bridgehead atoms. The molecule has 0 N–H and O–H groups in total. The summed E-state index contributed by atoms with van der Waals surface area (Å²) in [6, 6.07) is 0. The lowest BCUT2D eigenvalue weighted by Gasteiger charge is -2.18. The molecule has 0 saturated heterocycles. The van der Waals surface area contributed by atoms with E-state index in [1.165, 1.54) is 103 Å². The molecule has 0 saturated carbocycles. The van der Waals surface area contributed by atoms with Crippen LogP contribution in [-0.4, -0.2) is 37.2 Å². The Bertz CT molecular complexity index is 1780. The first-order valence-corrected chi connectivity index (χ1v) is 33.8. The van der Waals surface area contributed by atoms with E-state index < -0.39 is 6.10 Å². The van der Waals surface area contributed by atoms with E-state index in [0.717, 1.165) is 154 Å². The Morgan fingerprint density at radius 3 is 0.744 bits per heavy atom. The Labute approximate surface area is 506 Å². The van der Waals surface area contributed by atoms with E-state index in [2.05, 4.69) is 167 Å². The maximum absolute atomic E-state index is 12.9. The number of allylic oxidation sites excluding steroid dienone is 24. The Morgan fingerprint density at radius 1 is 0.256 bits per heavy atom. The van der Waals surface area contributed by atoms with Crippen LogP contribution in [0.25, 0.3) is 0 Å². The molecule has 0 aromatic carbocycles. The zero-order valence-corrected chi connectivity index (χ0v) is 53.2. The summed E-state index contributed by atoms with van der Waals surface area (Å²) in [5.41, 5.74) is 0. The quantitative estimate of drug-likeness (QED) is 0.0261. The molecule has 0 spiro atoms. The fraction of sp³-hybridized carbons (Fsp3) is 0.645. The van der Waals surface area contributed by atoms with Gasteiger partial charge >= 0.3 is 17.9 Å². The number of ether oxygens (including phenoxy) is 3. The van der Waals surface area contributed by atoms with Gasteiger partial charge in [-0.1, -0.05) is 301 Å². The van der Waals surface area contributed by atoms with Gasteiger partial charge < -0.3 is 14.2 Å². The molecule has 0 heterocycles. The van der Waals surface area contributed by atoms with Gasteiger partial charge in [0.15, 0.2) is 6.10 Å². The van der Waals surface area contributed by atoms with Gasteiger partial charge in [-0.15, -0.1) is 0 Å². The molecule has 0 fully saturated rings. The van der Waals surface area contributed by atoms with Gasteiger partial charge in [-0.05, 0) is 122 Å². The standard InChI is InChI=1S/C76H124O6/c1-4-7-10-13-16-19-21-23-25-27-29-31-32-33-34-35-36-37-38-39-40-41-42-43-44-46-47-49-51-53-55-57-60-63-66-69-75(78)81-72-73(71-80-74(77)68-65-62-59-18-15-12-9-6-3)82-76(79)70-67-64-61-58-56-54-52-50-48-45-30-28-26-24-22-20-17-14-11-8-5-2/h7-8,10-11,16-17,19-20,23-26,29-31,33-34,36-37,39-40,45,50,52,73H,4-6,9,12-15,18,21-22,27-28,32,35,38,41-44,46-49,51,53-72H2,1-3H3/b10-7-,11-8-,19-16-,20-17-,25-23-,26-24-,31-29-,34-33-,37-36-,40-39-,45-30-,52-50-.